The molecule has 0 aliphatic carbocycles. The van der Waals surface area contributed by atoms with Gasteiger partial charge >= 0.3 is 0 Å². The summed E-state index contributed by atoms with van der Waals surface area (Å²) in [6, 6.07) is 11.3. The third-order valence-corrected chi connectivity index (χ3v) is 5.49. The van der Waals surface area contributed by atoms with Gasteiger partial charge in [-0.2, -0.15) is 5.10 Å². The van der Waals surface area contributed by atoms with Crippen molar-refractivity contribution in [3.63, 3.8) is 0 Å². The van der Waals surface area contributed by atoms with Crippen LogP contribution in [0.1, 0.15) is 34.8 Å². The van der Waals surface area contributed by atoms with Gasteiger partial charge in [-0.15, -0.1) is 12.4 Å². The molecule has 170 valence electrons. The lowest BCUT2D eigenvalue weighted by Crippen LogP contribution is -2.29. The monoisotopic (exact) mass is 460 g/mol. The van der Waals surface area contributed by atoms with Crippen molar-refractivity contribution in [1.29, 1.82) is 0 Å². The molecule has 2 aromatic carbocycles. The van der Waals surface area contributed by atoms with E-state index in [4.69, 9.17) is 9.47 Å². The van der Waals surface area contributed by atoms with Gasteiger partial charge in [0.05, 0.1) is 37.4 Å². The Morgan fingerprint density at radius 3 is 2.44 bits per heavy atom. The van der Waals surface area contributed by atoms with Gasteiger partial charge in [0.15, 0.2) is 11.5 Å². The van der Waals surface area contributed by atoms with Crippen LogP contribution in [0.15, 0.2) is 48.7 Å². The standard InChI is InChI=1S/C23H25FN4O3.ClH/c1-30-20-8-5-17(13-21(20)31-2)27-23(29)19-14-26-28(18-6-3-16(24)4-7-18)22(19)15-9-11-25-12-10-15;/h3-8,13-15,25H,9-12H2,1-2H3,(H,27,29);1H. The van der Waals surface area contributed by atoms with E-state index in [1.807, 2.05) is 0 Å². The lowest BCUT2D eigenvalue weighted by atomic mass is 9.91. The minimum atomic E-state index is -0.314. The summed E-state index contributed by atoms with van der Waals surface area (Å²) >= 11 is 0. The quantitative estimate of drug-likeness (QED) is 0.577. The molecule has 0 atom stereocenters. The number of ether oxygens (including phenoxy) is 2. The van der Waals surface area contributed by atoms with Crippen LogP contribution >= 0.6 is 12.4 Å². The molecule has 0 bridgehead atoms. The first-order valence-corrected chi connectivity index (χ1v) is 10.2. The second kappa shape index (κ2) is 10.5. The van der Waals surface area contributed by atoms with Crippen molar-refractivity contribution in [3.8, 4) is 17.2 Å². The number of piperidine rings is 1. The maximum Gasteiger partial charge on any atom is 0.259 e. The average Bonchev–Trinajstić information content (AvgIpc) is 3.25. The summed E-state index contributed by atoms with van der Waals surface area (Å²) in [7, 11) is 3.11. The summed E-state index contributed by atoms with van der Waals surface area (Å²) in [5.74, 6) is 0.709. The number of nitrogens with one attached hydrogen (secondary N) is 2. The summed E-state index contributed by atoms with van der Waals surface area (Å²) in [4.78, 5) is 13.2. The second-order valence-electron chi connectivity index (χ2n) is 7.38. The first kappa shape index (κ1) is 23.6. The predicted molar refractivity (Wildman–Crippen MR) is 123 cm³/mol. The van der Waals surface area contributed by atoms with Crippen LogP contribution in [0.4, 0.5) is 10.1 Å². The molecule has 0 spiro atoms. The minimum Gasteiger partial charge on any atom is -0.493 e. The van der Waals surface area contributed by atoms with Crippen molar-refractivity contribution < 1.29 is 18.7 Å². The van der Waals surface area contributed by atoms with Crippen LogP contribution in [-0.2, 0) is 0 Å². The van der Waals surface area contributed by atoms with Crippen LogP contribution in [0.25, 0.3) is 5.69 Å². The fourth-order valence-corrected chi connectivity index (χ4v) is 3.92. The van der Waals surface area contributed by atoms with E-state index in [0.717, 1.165) is 37.3 Å². The Morgan fingerprint density at radius 2 is 1.78 bits per heavy atom. The topological polar surface area (TPSA) is 77.4 Å². The van der Waals surface area contributed by atoms with Gasteiger partial charge < -0.3 is 20.1 Å². The van der Waals surface area contributed by atoms with Gasteiger partial charge in [0, 0.05) is 17.7 Å². The molecule has 4 rings (SSSR count). The second-order valence-corrected chi connectivity index (χ2v) is 7.38. The molecule has 1 aliphatic heterocycles. The predicted octanol–water partition coefficient (Wildman–Crippen LogP) is 4.17. The van der Waals surface area contributed by atoms with E-state index < -0.39 is 0 Å². The molecule has 1 aromatic heterocycles. The largest absolute Gasteiger partial charge is 0.493 e. The molecule has 1 amide bonds. The molecule has 9 heteroatoms. The van der Waals surface area contributed by atoms with Gasteiger partial charge in [0.1, 0.15) is 5.82 Å². The number of carbonyl (C=O) groups is 1. The number of halogens is 2. The summed E-state index contributed by atoms with van der Waals surface area (Å²) in [6.45, 7) is 1.74. The van der Waals surface area contributed by atoms with Crippen molar-refractivity contribution in [1.82, 2.24) is 15.1 Å². The Labute approximate surface area is 192 Å². The van der Waals surface area contributed by atoms with Crippen LogP contribution < -0.4 is 20.1 Å². The molecule has 7 nitrogen and oxygen atoms in total. The maximum absolute atomic E-state index is 13.4. The first-order valence-electron chi connectivity index (χ1n) is 10.2. The molecule has 1 saturated heterocycles. The Balaban J connectivity index is 0.00000289. The number of rotatable bonds is 6. The van der Waals surface area contributed by atoms with E-state index in [1.54, 1.807) is 55.4 Å². The molecular weight excluding hydrogens is 435 g/mol. The lowest BCUT2D eigenvalue weighted by molar-refractivity contribution is 0.102. The number of hydrogen-bond donors (Lipinski definition) is 2. The van der Waals surface area contributed by atoms with E-state index in [9.17, 15) is 9.18 Å². The summed E-state index contributed by atoms with van der Waals surface area (Å²) < 4.78 is 25.8. The lowest BCUT2D eigenvalue weighted by Gasteiger charge is -2.24. The van der Waals surface area contributed by atoms with E-state index in [-0.39, 0.29) is 30.0 Å². The number of amides is 1. The van der Waals surface area contributed by atoms with Crippen molar-refractivity contribution >= 4 is 24.0 Å². The first-order chi connectivity index (χ1) is 15.1. The molecule has 1 fully saturated rings. The van der Waals surface area contributed by atoms with Gasteiger partial charge in [-0.1, -0.05) is 0 Å². The van der Waals surface area contributed by atoms with Crippen LogP contribution in [0, 0.1) is 5.82 Å². The zero-order valence-electron chi connectivity index (χ0n) is 17.9. The third-order valence-electron chi connectivity index (χ3n) is 5.49. The van der Waals surface area contributed by atoms with E-state index in [0.29, 0.717) is 22.7 Å². The molecule has 2 N–H and O–H groups in total. The zero-order valence-corrected chi connectivity index (χ0v) is 18.7. The Hall–Kier alpha value is -3.10. The highest BCUT2D eigenvalue weighted by Crippen LogP contribution is 2.32. The normalized spacial score (nSPS) is 13.8. The molecule has 32 heavy (non-hydrogen) atoms. The number of anilines is 1. The molecule has 2 heterocycles. The van der Waals surface area contributed by atoms with Crippen molar-refractivity contribution in [2.24, 2.45) is 0 Å². The summed E-state index contributed by atoms with van der Waals surface area (Å²) in [5.41, 5.74) is 2.66. The van der Waals surface area contributed by atoms with Gasteiger partial charge in [0.25, 0.3) is 5.91 Å². The number of methoxy groups -OCH3 is 2. The highest BCUT2D eigenvalue weighted by molar-refractivity contribution is 6.05. The van der Waals surface area contributed by atoms with Gasteiger partial charge in [-0.25, -0.2) is 9.07 Å². The molecule has 0 saturated carbocycles. The third kappa shape index (κ3) is 4.87. The van der Waals surface area contributed by atoms with Gasteiger partial charge in [-0.3, -0.25) is 4.79 Å². The number of benzene rings is 2. The maximum atomic E-state index is 13.4. The number of aromatic nitrogens is 2. The number of carbonyl (C=O) groups excluding carboxylic acids is 1. The van der Waals surface area contributed by atoms with Crippen molar-refractivity contribution in [2.75, 3.05) is 32.6 Å². The van der Waals surface area contributed by atoms with Crippen LogP contribution in [0.3, 0.4) is 0 Å². The van der Waals surface area contributed by atoms with Crippen LogP contribution in [0.5, 0.6) is 11.5 Å². The van der Waals surface area contributed by atoms with Crippen molar-refractivity contribution in [2.45, 2.75) is 18.8 Å². The Morgan fingerprint density at radius 1 is 1.09 bits per heavy atom. The highest BCUT2D eigenvalue weighted by Gasteiger charge is 2.27. The van der Waals surface area contributed by atoms with E-state index >= 15 is 0 Å². The van der Waals surface area contributed by atoms with Gasteiger partial charge in [-0.05, 0) is 62.3 Å². The Bertz CT molecular complexity index is 1070. The number of nitrogens with zero attached hydrogens (tertiary/aromatic N) is 2. The van der Waals surface area contributed by atoms with Crippen molar-refractivity contribution in [3.05, 3.63) is 65.7 Å². The molecule has 0 unspecified atom stereocenters. The van der Waals surface area contributed by atoms with Gasteiger partial charge in [0.2, 0.25) is 0 Å². The van der Waals surface area contributed by atoms with Crippen LogP contribution in [0.2, 0.25) is 0 Å². The fourth-order valence-electron chi connectivity index (χ4n) is 3.92. The van der Waals surface area contributed by atoms with E-state index in [2.05, 4.69) is 15.7 Å². The van der Waals surface area contributed by atoms with E-state index in [1.165, 1.54) is 12.1 Å². The van der Waals surface area contributed by atoms with Crippen LogP contribution in [-0.4, -0.2) is 43.0 Å². The number of hydrogen-bond acceptors (Lipinski definition) is 5. The fraction of sp³-hybridized carbons (Fsp3) is 0.304. The average molecular weight is 461 g/mol. The summed E-state index contributed by atoms with van der Waals surface area (Å²) in [6.07, 6.45) is 3.36. The zero-order chi connectivity index (χ0) is 21.8. The molecule has 1 aliphatic rings. The SMILES string of the molecule is COc1ccc(NC(=O)c2cnn(-c3ccc(F)cc3)c2C2CCNCC2)cc1OC.Cl. The smallest absolute Gasteiger partial charge is 0.259 e. The molecular formula is C23H26ClFN4O3. The molecule has 0 radical (unpaired) electrons. The molecule has 3 aromatic rings. The minimum absolute atomic E-state index is 0. The highest BCUT2D eigenvalue weighted by atomic mass is 35.5. The summed E-state index contributed by atoms with van der Waals surface area (Å²) in [5, 5.41) is 10.8. The Kier molecular flexibility index (Phi) is 7.71.